The van der Waals surface area contributed by atoms with E-state index in [0.717, 1.165) is 11.1 Å². The fourth-order valence-corrected chi connectivity index (χ4v) is 2.00. The van der Waals surface area contributed by atoms with Crippen molar-refractivity contribution < 1.29 is 13.9 Å². The van der Waals surface area contributed by atoms with Crippen LogP contribution in [0.3, 0.4) is 0 Å². The molecule has 0 saturated heterocycles. The van der Waals surface area contributed by atoms with E-state index in [1.807, 2.05) is 6.92 Å². The third kappa shape index (κ3) is 4.09. The van der Waals surface area contributed by atoms with E-state index in [-0.39, 0.29) is 11.7 Å². The largest absolute Gasteiger partial charge is 0.495 e. The number of carbonyl (C=O) groups excluding carboxylic acids is 1. The van der Waals surface area contributed by atoms with Gasteiger partial charge in [0.2, 0.25) is 5.91 Å². The van der Waals surface area contributed by atoms with Crippen molar-refractivity contribution in [1.82, 2.24) is 0 Å². The molecule has 114 valence electrons. The molecule has 0 bridgehead atoms. The minimum atomic E-state index is -0.317. The standard InChI is InChI=1S/C17H15ClFNO2/c1-11-9-15(16(22-2)10-14(11)18)20-17(21)8-5-12-3-6-13(19)7-4-12/h3-10H,1-2H3,(H,20,21)/b8-5+. The fourth-order valence-electron chi connectivity index (χ4n) is 1.85. The molecule has 2 aromatic rings. The molecule has 1 N–H and O–H groups in total. The summed E-state index contributed by atoms with van der Waals surface area (Å²) in [5.41, 5.74) is 2.11. The van der Waals surface area contributed by atoms with Gasteiger partial charge in [0.25, 0.3) is 0 Å². The normalized spacial score (nSPS) is 10.7. The monoisotopic (exact) mass is 319 g/mol. The number of anilines is 1. The van der Waals surface area contributed by atoms with E-state index in [2.05, 4.69) is 5.32 Å². The Morgan fingerprint density at radius 2 is 1.95 bits per heavy atom. The molecule has 2 rings (SSSR count). The molecule has 0 aromatic heterocycles. The van der Waals surface area contributed by atoms with Crippen LogP contribution >= 0.6 is 11.6 Å². The summed E-state index contributed by atoms with van der Waals surface area (Å²) in [4.78, 5) is 12.0. The van der Waals surface area contributed by atoms with Crippen molar-refractivity contribution in [3.8, 4) is 5.75 Å². The number of halogens is 2. The van der Waals surface area contributed by atoms with Crippen molar-refractivity contribution in [3.05, 3.63) is 64.4 Å². The summed E-state index contributed by atoms with van der Waals surface area (Å²) in [6.45, 7) is 1.84. The number of carbonyl (C=O) groups is 1. The Balaban J connectivity index is 2.12. The van der Waals surface area contributed by atoms with Crippen LogP contribution in [0.5, 0.6) is 5.75 Å². The van der Waals surface area contributed by atoms with Crippen molar-refractivity contribution in [1.29, 1.82) is 0 Å². The molecule has 0 spiro atoms. The molecule has 22 heavy (non-hydrogen) atoms. The average molecular weight is 320 g/mol. The molecule has 0 atom stereocenters. The maximum absolute atomic E-state index is 12.8. The molecule has 0 aliphatic heterocycles. The first-order valence-corrected chi connectivity index (χ1v) is 6.96. The van der Waals surface area contributed by atoms with Gasteiger partial charge in [-0.1, -0.05) is 23.7 Å². The van der Waals surface area contributed by atoms with E-state index in [0.29, 0.717) is 16.5 Å². The quantitative estimate of drug-likeness (QED) is 0.846. The fraction of sp³-hybridized carbons (Fsp3) is 0.118. The number of methoxy groups -OCH3 is 1. The summed E-state index contributed by atoms with van der Waals surface area (Å²) in [7, 11) is 1.50. The second-order valence-corrected chi connectivity index (χ2v) is 5.08. The molecule has 0 fully saturated rings. The SMILES string of the molecule is COc1cc(Cl)c(C)cc1NC(=O)/C=C/c1ccc(F)cc1. The summed E-state index contributed by atoms with van der Waals surface area (Å²) in [5.74, 6) is -0.147. The summed E-state index contributed by atoms with van der Waals surface area (Å²) in [6, 6.07) is 9.24. The average Bonchev–Trinajstić information content (AvgIpc) is 2.50. The van der Waals surface area contributed by atoms with Crippen LogP contribution in [0.15, 0.2) is 42.5 Å². The minimum Gasteiger partial charge on any atom is -0.495 e. The van der Waals surface area contributed by atoms with Crippen molar-refractivity contribution in [2.45, 2.75) is 6.92 Å². The van der Waals surface area contributed by atoms with E-state index in [1.54, 1.807) is 30.3 Å². The summed E-state index contributed by atoms with van der Waals surface area (Å²) in [5, 5.41) is 3.29. The lowest BCUT2D eigenvalue weighted by Crippen LogP contribution is -2.09. The van der Waals surface area contributed by atoms with Crippen LogP contribution in [0.1, 0.15) is 11.1 Å². The van der Waals surface area contributed by atoms with Crippen LogP contribution in [0.4, 0.5) is 10.1 Å². The lowest BCUT2D eigenvalue weighted by atomic mass is 10.2. The highest BCUT2D eigenvalue weighted by molar-refractivity contribution is 6.31. The molecular formula is C17H15ClFNO2. The van der Waals surface area contributed by atoms with Crippen LogP contribution in [0, 0.1) is 12.7 Å². The van der Waals surface area contributed by atoms with Gasteiger partial charge in [0, 0.05) is 17.2 Å². The number of amides is 1. The summed E-state index contributed by atoms with van der Waals surface area (Å²) >= 11 is 6.02. The van der Waals surface area contributed by atoms with Gasteiger partial charge in [-0.2, -0.15) is 0 Å². The van der Waals surface area contributed by atoms with E-state index in [9.17, 15) is 9.18 Å². The molecule has 0 aliphatic rings. The topological polar surface area (TPSA) is 38.3 Å². The molecule has 1 amide bonds. The zero-order valence-corrected chi connectivity index (χ0v) is 12.9. The Hall–Kier alpha value is -2.33. The predicted molar refractivity (Wildman–Crippen MR) is 86.8 cm³/mol. The van der Waals surface area contributed by atoms with E-state index in [1.165, 1.54) is 25.3 Å². The lowest BCUT2D eigenvalue weighted by molar-refractivity contribution is -0.111. The van der Waals surface area contributed by atoms with Gasteiger partial charge in [-0.15, -0.1) is 0 Å². The van der Waals surface area contributed by atoms with Gasteiger partial charge >= 0.3 is 0 Å². The van der Waals surface area contributed by atoms with Crippen LogP contribution in [0.2, 0.25) is 5.02 Å². The zero-order valence-electron chi connectivity index (χ0n) is 12.2. The summed E-state index contributed by atoms with van der Waals surface area (Å²) < 4.78 is 18.0. The smallest absolute Gasteiger partial charge is 0.248 e. The molecule has 0 saturated carbocycles. The number of aryl methyl sites for hydroxylation is 1. The molecule has 0 radical (unpaired) electrons. The van der Waals surface area contributed by atoms with E-state index < -0.39 is 0 Å². The molecule has 5 heteroatoms. The second-order valence-electron chi connectivity index (χ2n) is 4.68. The van der Waals surface area contributed by atoms with Gasteiger partial charge in [0.05, 0.1) is 12.8 Å². The van der Waals surface area contributed by atoms with Gasteiger partial charge in [-0.25, -0.2) is 4.39 Å². The predicted octanol–water partition coefficient (Wildman–Crippen LogP) is 4.45. The molecule has 3 nitrogen and oxygen atoms in total. The van der Waals surface area contributed by atoms with Crippen molar-refractivity contribution >= 4 is 29.3 Å². The first-order valence-electron chi connectivity index (χ1n) is 6.58. The Labute approximate surface area is 133 Å². The molecule has 0 unspecified atom stereocenters. The van der Waals surface area contributed by atoms with Gasteiger partial charge in [0.15, 0.2) is 0 Å². The highest BCUT2D eigenvalue weighted by Crippen LogP contribution is 2.30. The summed E-state index contributed by atoms with van der Waals surface area (Å²) in [6.07, 6.45) is 2.97. The number of hydrogen-bond donors (Lipinski definition) is 1. The maximum atomic E-state index is 12.8. The van der Waals surface area contributed by atoms with Crippen molar-refractivity contribution in [2.75, 3.05) is 12.4 Å². The first kappa shape index (κ1) is 16.0. The van der Waals surface area contributed by atoms with Gasteiger partial charge in [0.1, 0.15) is 11.6 Å². The Morgan fingerprint density at radius 1 is 1.27 bits per heavy atom. The van der Waals surface area contributed by atoms with Crippen molar-refractivity contribution in [3.63, 3.8) is 0 Å². The highest BCUT2D eigenvalue weighted by atomic mass is 35.5. The number of benzene rings is 2. The maximum Gasteiger partial charge on any atom is 0.248 e. The van der Waals surface area contributed by atoms with Crippen LogP contribution < -0.4 is 10.1 Å². The van der Waals surface area contributed by atoms with E-state index in [4.69, 9.17) is 16.3 Å². The number of rotatable bonds is 4. The minimum absolute atomic E-state index is 0.315. The molecular weight excluding hydrogens is 305 g/mol. The van der Waals surface area contributed by atoms with Crippen LogP contribution in [-0.2, 0) is 4.79 Å². The third-order valence-electron chi connectivity index (χ3n) is 3.04. The van der Waals surface area contributed by atoms with Crippen molar-refractivity contribution in [2.24, 2.45) is 0 Å². The van der Waals surface area contributed by atoms with E-state index >= 15 is 0 Å². The Bertz CT molecular complexity index is 711. The highest BCUT2D eigenvalue weighted by Gasteiger charge is 2.08. The number of hydrogen-bond acceptors (Lipinski definition) is 2. The molecule has 0 heterocycles. The number of nitrogens with one attached hydrogen (secondary N) is 1. The van der Waals surface area contributed by atoms with Gasteiger partial charge in [-0.3, -0.25) is 4.79 Å². The second kappa shape index (κ2) is 7.09. The number of ether oxygens (including phenoxy) is 1. The molecule has 0 aliphatic carbocycles. The van der Waals surface area contributed by atoms with Crippen LogP contribution in [-0.4, -0.2) is 13.0 Å². The Morgan fingerprint density at radius 3 is 2.59 bits per heavy atom. The van der Waals surface area contributed by atoms with Gasteiger partial charge < -0.3 is 10.1 Å². The lowest BCUT2D eigenvalue weighted by Gasteiger charge is -2.11. The Kier molecular flexibility index (Phi) is 5.17. The zero-order chi connectivity index (χ0) is 16.1. The van der Waals surface area contributed by atoms with Crippen LogP contribution in [0.25, 0.3) is 6.08 Å². The first-order chi connectivity index (χ1) is 10.5. The van der Waals surface area contributed by atoms with Gasteiger partial charge in [-0.05, 0) is 42.3 Å². The third-order valence-corrected chi connectivity index (χ3v) is 3.44. The molecule has 2 aromatic carbocycles.